The van der Waals surface area contributed by atoms with Gasteiger partial charge in [-0.2, -0.15) is 0 Å². The first kappa shape index (κ1) is 22.6. The summed E-state index contributed by atoms with van der Waals surface area (Å²) < 4.78 is 11.2. The van der Waals surface area contributed by atoms with Gasteiger partial charge in [-0.15, -0.1) is 0 Å². The molecule has 1 heterocycles. The second kappa shape index (κ2) is 10.3. The van der Waals surface area contributed by atoms with E-state index in [-0.39, 0.29) is 12.0 Å². The van der Waals surface area contributed by atoms with Gasteiger partial charge in [-0.05, 0) is 57.2 Å². The monoisotopic (exact) mass is 425 g/mol. The summed E-state index contributed by atoms with van der Waals surface area (Å²) in [7, 11) is 0. The highest BCUT2D eigenvalue weighted by Crippen LogP contribution is 2.21. The van der Waals surface area contributed by atoms with Crippen LogP contribution >= 0.6 is 0 Å². The third-order valence-corrected chi connectivity index (χ3v) is 4.83. The number of carbonyl (C=O) groups is 2. The maximum absolute atomic E-state index is 12.4. The molecule has 1 aliphatic rings. The fourth-order valence-corrected chi connectivity index (χ4v) is 3.21. The first-order valence-electron chi connectivity index (χ1n) is 10.6. The molecule has 2 aromatic carbocycles. The highest BCUT2D eigenvalue weighted by molar-refractivity contribution is 5.94. The van der Waals surface area contributed by atoms with Gasteiger partial charge in [0.2, 0.25) is 0 Å². The van der Waals surface area contributed by atoms with Crippen molar-refractivity contribution in [3.63, 3.8) is 0 Å². The van der Waals surface area contributed by atoms with Crippen molar-refractivity contribution in [1.82, 2.24) is 15.1 Å². The Morgan fingerprint density at radius 2 is 1.52 bits per heavy atom. The molecule has 0 spiro atoms. The van der Waals surface area contributed by atoms with Crippen LogP contribution in [0.2, 0.25) is 0 Å². The van der Waals surface area contributed by atoms with Crippen LogP contribution in [0.1, 0.15) is 31.1 Å². The lowest BCUT2D eigenvalue weighted by atomic mass is 10.2. The fourth-order valence-electron chi connectivity index (χ4n) is 3.21. The summed E-state index contributed by atoms with van der Waals surface area (Å²) in [6.07, 6.45) is -0.264. The summed E-state index contributed by atoms with van der Waals surface area (Å²) in [5.41, 5.74) is 0.111. The van der Waals surface area contributed by atoms with E-state index in [1.54, 1.807) is 29.2 Å². The Bertz CT molecular complexity index is 855. The van der Waals surface area contributed by atoms with Crippen molar-refractivity contribution in [1.29, 1.82) is 0 Å². The maximum Gasteiger partial charge on any atom is 0.410 e. The van der Waals surface area contributed by atoms with Gasteiger partial charge in [0.1, 0.15) is 17.1 Å². The Balaban J connectivity index is 1.37. The Kier molecular flexibility index (Phi) is 7.52. The van der Waals surface area contributed by atoms with E-state index in [0.717, 1.165) is 25.4 Å². The molecule has 1 N–H and O–H groups in total. The van der Waals surface area contributed by atoms with Gasteiger partial charge < -0.3 is 19.7 Å². The predicted octanol–water partition coefficient (Wildman–Crippen LogP) is 3.76. The van der Waals surface area contributed by atoms with E-state index in [9.17, 15) is 9.59 Å². The molecule has 0 aromatic heterocycles. The average Bonchev–Trinajstić information content (AvgIpc) is 2.74. The lowest BCUT2D eigenvalue weighted by Gasteiger charge is -2.35. The fraction of sp³-hybridized carbons (Fsp3) is 0.417. The number of hydrogen-bond acceptors (Lipinski definition) is 5. The smallest absolute Gasteiger partial charge is 0.410 e. The summed E-state index contributed by atoms with van der Waals surface area (Å²) in [6.45, 7) is 9.68. The van der Waals surface area contributed by atoms with Gasteiger partial charge in [0.05, 0.1) is 0 Å². The normalized spacial score (nSPS) is 14.7. The zero-order chi connectivity index (χ0) is 22.3. The molecule has 0 bridgehead atoms. The van der Waals surface area contributed by atoms with Crippen LogP contribution in [0.25, 0.3) is 0 Å². The van der Waals surface area contributed by atoms with E-state index in [0.29, 0.717) is 30.9 Å². The number of nitrogens with one attached hydrogen (secondary N) is 1. The first-order chi connectivity index (χ1) is 14.8. The number of rotatable bonds is 6. The Hall–Kier alpha value is -3.06. The second-order valence-electron chi connectivity index (χ2n) is 8.50. The molecule has 1 fully saturated rings. The lowest BCUT2D eigenvalue weighted by Crippen LogP contribution is -2.51. The minimum absolute atomic E-state index is 0.112. The van der Waals surface area contributed by atoms with E-state index in [1.165, 1.54) is 0 Å². The molecule has 31 heavy (non-hydrogen) atoms. The molecular weight excluding hydrogens is 394 g/mol. The molecule has 2 aromatic rings. The van der Waals surface area contributed by atoms with Gasteiger partial charge >= 0.3 is 6.09 Å². The van der Waals surface area contributed by atoms with Crippen molar-refractivity contribution in [3.05, 3.63) is 60.2 Å². The van der Waals surface area contributed by atoms with E-state index in [4.69, 9.17) is 9.47 Å². The van der Waals surface area contributed by atoms with Crippen LogP contribution in [-0.2, 0) is 4.74 Å². The first-order valence-corrected chi connectivity index (χ1v) is 10.6. The van der Waals surface area contributed by atoms with E-state index < -0.39 is 5.60 Å². The van der Waals surface area contributed by atoms with Crippen molar-refractivity contribution in [3.8, 4) is 11.5 Å². The molecular formula is C24H31N3O4. The standard InChI is InChI=1S/C24H31N3O4/c1-24(2,3)31-23(29)27-17-15-26(16-18-27)14-13-25-22(28)19-9-11-21(12-10-19)30-20-7-5-4-6-8-20/h4-12H,13-18H2,1-3H3,(H,25,28). The summed E-state index contributed by atoms with van der Waals surface area (Å²) in [4.78, 5) is 28.5. The van der Waals surface area contributed by atoms with E-state index >= 15 is 0 Å². The number of piperazine rings is 1. The summed E-state index contributed by atoms with van der Waals surface area (Å²) >= 11 is 0. The number of nitrogens with zero attached hydrogens (tertiary/aromatic N) is 2. The summed E-state index contributed by atoms with van der Waals surface area (Å²) in [6, 6.07) is 16.6. The molecule has 0 radical (unpaired) electrons. The number of amides is 2. The highest BCUT2D eigenvalue weighted by Gasteiger charge is 2.25. The van der Waals surface area contributed by atoms with Crippen LogP contribution in [0, 0.1) is 0 Å². The Morgan fingerprint density at radius 1 is 0.903 bits per heavy atom. The summed E-state index contributed by atoms with van der Waals surface area (Å²) in [5, 5.41) is 2.95. The zero-order valence-corrected chi connectivity index (χ0v) is 18.5. The number of hydrogen-bond donors (Lipinski definition) is 1. The molecule has 0 saturated carbocycles. The average molecular weight is 426 g/mol. The quantitative estimate of drug-likeness (QED) is 0.763. The van der Waals surface area contributed by atoms with Gasteiger partial charge in [-0.1, -0.05) is 18.2 Å². The largest absolute Gasteiger partial charge is 0.457 e. The molecule has 0 unspecified atom stereocenters. The SMILES string of the molecule is CC(C)(C)OC(=O)N1CCN(CCNC(=O)c2ccc(Oc3ccccc3)cc2)CC1. The lowest BCUT2D eigenvalue weighted by molar-refractivity contribution is 0.0147. The van der Waals surface area contributed by atoms with Crippen LogP contribution in [0.3, 0.4) is 0 Å². The van der Waals surface area contributed by atoms with E-state index in [1.807, 2.05) is 51.1 Å². The third kappa shape index (κ3) is 7.29. The number of carbonyl (C=O) groups excluding carboxylic acids is 2. The van der Waals surface area contributed by atoms with Gasteiger partial charge in [0.15, 0.2) is 0 Å². The van der Waals surface area contributed by atoms with Crippen LogP contribution < -0.4 is 10.1 Å². The van der Waals surface area contributed by atoms with Crippen LogP contribution in [0.5, 0.6) is 11.5 Å². The molecule has 2 amide bonds. The van der Waals surface area contributed by atoms with Gasteiger partial charge in [-0.25, -0.2) is 4.79 Å². The molecule has 0 aliphatic carbocycles. The predicted molar refractivity (Wildman–Crippen MR) is 120 cm³/mol. The molecule has 1 saturated heterocycles. The molecule has 1 aliphatic heterocycles. The topological polar surface area (TPSA) is 71.1 Å². The molecule has 7 heteroatoms. The van der Waals surface area contributed by atoms with Crippen molar-refractivity contribution in [2.24, 2.45) is 0 Å². The third-order valence-electron chi connectivity index (χ3n) is 4.83. The Morgan fingerprint density at radius 3 is 2.13 bits per heavy atom. The molecule has 3 rings (SSSR count). The van der Waals surface area contributed by atoms with Crippen molar-refractivity contribution < 1.29 is 19.1 Å². The van der Waals surface area contributed by atoms with Crippen molar-refractivity contribution in [2.45, 2.75) is 26.4 Å². The van der Waals surface area contributed by atoms with Crippen LogP contribution in [0.15, 0.2) is 54.6 Å². The van der Waals surface area contributed by atoms with Gasteiger partial charge in [-0.3, -0.25) is 9.69 Å². The number of ether oxygens (including phenoxy) is 2. The maximum atomic E-state index is 12.4. The Labute approximate surface area is 183 Å². The second-order valence-corrected chi connectivity index (χ2v) is 8.50. The minimum atomic E-state index is -0.482. The van der Waals surface area contributed by atoms with Gasteiger partial charge in [0, 0.05) is 44.8 Å². The van der Waals surface area contributed by atoms with Crippen LogP contribution in [-0.4, -0.2) is 66.7 Å². The van der Waals surface area contributed by atoms with E-state index in [2.05, 4.69) is 10.2 Å². The minimum Gasteiger partial charge on any atom is -0.457 e. The highest BCUT2D eigenvalue weighted by atomic mass is 16.6. The zero-order valence-electron chi connectivity index (χ0n) is 18.5. The molecule has 7 nitrogen and oxygen atoms in total. The number of para-hydroxylation sites is 1. The van der Waals surface area contributed by atoms with Crippen molar-refractivity contribution >= 4 is 12.0 Å². The van der Waals surface area contributed by atoms with Crippen LogP contribution in [0.4, 0.5) is 4.79 Å². The molecule has 166 valence electrons. The summed E-state index contributed by atoms with van der Waals surface area (Å²) in [5.74, 6) is 1.33. The van der Waals surface area contributed by atoms with Crippen molar-refractivity contribution in [2.75, 3.05) is 39.3 Å². The molecule has 0 atom stereocenters. The number of benzene rings is 2. The van der Waals surface area contributed by atoms with Gasteiger partial charge in [0.25, 0.3) is 5.91 Å².